The maximum absolute atomic E-state index is 6.29. The average Bonchev–Trinajstić information content (AvgIpc) is 2.46. The van der Waals surface area contributed by atoms with Gasteiger partial charge in [0.2, 0.25) is 0 Å². The smallest absolute Gasteiger partial charge is 0.0264 e. The minimum atomic E-state index is 0. The molecule has 0 unspecified atom stereocenters. The van der Waals surface area contributed by atoms with E-state index in [-0.39, 0.29) is 18.4 Å². The molecular formula is C20H32ClN. The van der Waals surface area contributed by atoms with E-state index >= 15 is 0 Å². The lowest BCUT2D eigenvalue weighted by Crippen LogP contribution is -2.27. The fraction of sp³-hybridized carbons (Fsp3) is 0.600. The Balaban J connectivity index is 0.00000242. The lowest BCUT2D eigenvalue weighted by atomic mass is 9.70. The average molecular weight is 322 g/mol. The molecule has 0 aromatic heterocycles. The Morgan fingerprint density at radius 3 is 2.50 bits per heavy atom. The summed E-state index contributed by atoms with van der Waals surface area (Å²) in [5.41, 5.74) is 7.62. The van der Waals surface area contributed by atoms with Crippen LogP contribution in [0.2, 0.25) is 0 Å². The number of allylic oxidation sites excluding steroid dienone is 1. The van der Waals surface area contributed by atoms with Gasteiger partial charge in [-0.1, -0.05) is 69.7 Å². The summed E-state index contributed by atoms with van der Waals surface area (Å²) in [6.45, 7) is 7.12. The summed E-state index contributed by atoms with van der Waals surface area (Å²) >= 11 is 0. The molecular weight excluding hydrogens is 290 g/mol. The van der Waals surface area contributed by atoms with E-state index in [2.05, 4.69) is 63.3 Å². The minimum absolute atomic E-state index is 0. The summed E-state index contributed by atoms with van der Waals surface area (Å²) in [5, 5.41) is 0. The number of hydrogen-bond acceptors (Lipinski definition) is 1. The van der Waals surface area contributed by atoms with Crippen molar-refractivity contribution in [2.24, 2.45) is 29.4 Å². The topological polar surface area (TPSA) is 26.0 Å². The molecule has 1 aromatic carbocycles. The maximum Gasteiger partial charge on any atom is 0.0264 e. The van der Waals surface area contributed by atoms with Gasteiger partial charge < -0.3 is 5.73 Å². The third-order valence-electron chi connectivity index (χ3n) is 4.99. The molecule has 0 heterocycles. The van der Waals surface area contributed by atoms with Crippen molar-refractivity contribution in [2.75, 3.05) is 0 Å². The Morgan fingerprint density at radius 1 is 1.18 bits per heavy atom. The van der Waals surface area contributed by atoms with Crippen molar-refractivity contribution in [1.29, 1.82) is 0 Å². The van der Waals surface area contributed by atoms with Crippen LogP contribution in [0.1, 0.15) is 45.6 Å². The van der Waals surface area contributed by atoms with Crippen molar-refractivity contribution < 1.29 is 0 Å². The number of halogens is 1. The molecule has 0 amide bonds. The zero-order valence-corrected chi connectivity index (χ0v) is 15.1. The van der Waals surface area contributed by atoms with Crippen molar-refractivity contribution in [3.8, 4) is 0 Å². The highest BCUT2D eigenvalue weighted by Crippen LogP contribution is 2.38. The first-order chi connectivity index (χ1) is 10.1. The fourth-order valence-electron chi connectivity index (χ4n) is 3.74. The first-order valence-electron chi connectivity index (χ1n) is 8.54. The lowest BCUT2D eigenvalue weighted by molar-refractivity contribution is 0.178. The Hall–Kier alpha value is -0.790. The van der Waals surface area contributed by atoms with Gasteiger partial charge in [-0.3, -0.25) is 0 Å². The van der Waals surface area contributed by atoms with Crippen molar-refractivity contribution in [1.82, 2.24) is 0 Å². The van der Waals surface area contributed by atoms with E-state index in [0.717, 1.165) is 30.1 Å². The summed E-state index contributed by atoms with van der Waals surface area (Å²) < 4.78 is 0. The largest absolute Gasteiger partial charge is 0.324 e. The van der Waals surface area contributed by atoms with Crippen LogP contribution in [0.15, 0.2) is 42.5 Å². The van der Waals surface area contributed by atoms with Gasteiger partial charge in [-0.15, -0.1) is 12.4 Å². The highest BCUT2D eigenvalue weighted by Gasteiger charge is 2.28. The molecule has 0 radical (unpaired) electrons. The van der Waals surface area contributed by atoms with Gasteiger partial charge >= 0.3 is 0 Å². The van der Waals surface area contributed by atoms with E-state index in [0.29, 0.717) is 0 Å². The number of benzene rings is 1. The molecule has 0 spiro atoms. The molecule has 1 nitrogen and oxygen atoms in total. The van der Waals surface area contributed by atoms with Crippen LogP contribution in [0.5, 0.6) is 0 Å². The van der Waals surface area contributed by atoms with Crippen LogP contribution in [-0.2, 0) is 6.42 Å². The standard InChI is InChI=1S/C20H31N.ClH/c1-15(2)20-12-9-16(3)13-18(20)10-11-19(21)14-17-7-5-4-6-8-17;/h4-8,10-11,15-16,18-20H,9,12-14,21H2,1-3H3;1H/b11-10+;/t16-,18-,19-,20+;/m1./s1. The third-order valence-corrected chi connectivity index (χ3v) is 4.99. The first kappa shape index (κ1) is 19.3. The fourth-order valence-corrected chi connectivity index (χ4v) is 3.74. The zero-order chi connectivity index (χ0) is 15.2. The second kappa shape index (κ2) is 9.37. The molecule has 0 aliphatic heterocycles. The SMILES string of the molecule is CC(C)[C@@H]1CC[C@@H](C)C[C@H]1/C=C/[C@@H](N)Cc1ccccc1.Cl. The maximum atomic E-state index is 6.29. The molecule has 0 bridgehead atoms. The Bertz CT molecular complexity index is 440. The summed E-state index contributed by atoms with van der Waals surface area (Å²) in [5.74, 6) is 3.19. The van der Waals surface area contributed by atoms with E-state index in [1.165, 1.54) is 24.8 Å². The molecule has 124 valence electrons. The summed E-state index contributed by atoms with van der Waals surface area (Å²) in [6.07, 6.45) is 9.72. The van der Waals surface area contributed by atoms with E-state index < -0.39 is 0 Å². The predicted octanol–water partition coefficient (Wildman–Crippen LogP) is 5.24. The highest BCUT2D eigenvalue weighted by molar-refractivity contribution is 5.85. The van der Waals surface area contributed by atoms with E-state index in [4.69, 9.17) is 5.73 Å². The zero-order valence-electron chi connectivity index (χ0n) is 14.2. The summed E-state index contributed by atoms with van der Waals surface area (Å²) in [4.78, 5) is 0. The molecule has 2 rings (SSSR count). The van der Waals surface area contributed by atoms with Crippen molar-refractivity contribution in [3.05, 3.63) is 48.0 Å². The van der Waals surface area contributed by atoms with Crippen molar-refractivity contribution in [2.45, 2.75) is 52.5 Å². The highest BCUT2D eigenvalue weighted by atomic mass is 35.5. The summed E-state index contributed by atoms with van der Waals surface area (Å²) in [7, 11) is 0. The molecule has 4 atom stereocenters. The molecule has 1 fully saturated rings. The predicted molar refractivity (Wildman–Crippen MR) is 99.3 cm³/mol. The van der Waals surface area contributed by atoms with Crippen LogP contribution in [-0.4, -0.2) is 6.04 Å². The molecule has 2 N–H and O–H groups in total. The van der Waals surface area contributed by atoms with Gasteiger partial charge in [0, 0.05) is 6.04 Å². The quantitative estimate of drug-likeness (QED) is 0.737. The van der Waals surface area contributed by atoms with E-state index in [1.807, 2.05) is 0 Å². The molecule has 22 heavy (non-hydrogen) atoms. The Morgan fingerprint density at radius 2 is 1.86 bits per heavy atom. The normalized spacial score (nSPS) is 26.9. The molecule has 1 saturated carbocycles. The van der Waals surface area contributed by atoms with Crippen LogP contribution < -0.4 is 5.73 Å². The monoisotopic (exact) mass is 321 g/mol. The second-order valence-electron chi connectivity index (χ2n) is 7.23. The number of rotatable bonds is 5. The summed E-state index contributed by atoms with van der Waals surface area (Å²) in [6, 6.07) is 10.7. The minimum Gasteiger partial charge on any atom is -0.324 e. The van der Waals surface area contributed by atoms with Crippen LogP contribution in [0, 0.1) is 23.7 Å². The van der Waals surface area contributed by atoms with Crippen LogP contribution >= 0.6 is 12.4 Å². The number of nitrogens with two attached hydrogens (primary N) is 1. The van der Waals surface area contributed by atoms with Gasteiger partial charge in [0.25, 0.3) is 0 Å². The van der Waals surface area contributed by atoms with Crippen molar-refractivity contribution in [3.63, 3.8) is 0 Å². The van der Waals surface area contributed by atoms with Crippen molar-refractivity contribution >= 4 is 12.4 Å². The van der Waals surface area contributed by atoms with E-state index in [1.54, 1.807) is 0 Å². The van der Waals surface area contributed by atoms with E-state index in [9.17, 15) is 0 Å². The molecule has 1 aromatic rings. The van der Waals surface area contributed by atoms with Gasteiger partial charge in [0.15, 0.2) is 0 Å². The first-order valence-corrected chi connectivity index (χ1v) is 8.54. The van der Waals surface area contributed by atoms with Gasteiger partial charge in [0.05, 0.1) is 0 Å². The van der Waals surface area contributed by atoms with Crippen LogP contribution in [0.4, 0.5) is 0 Å². The molecule has 1 aliphatic rings. The van der Waals surface area contributed by atoms with Gasteiger partial charge in [-0.05, 0) is 48.5 Å². The Labute approximate surface area is 142 Å². The van der Waals surface area contributed by atoms with Gasteiger partial charge in [-0.2, -0.15) is 0 Å². The number of hydrogen-bond donors (Lipinski definition) is 1. The van der Waals surface area contributed by atoms with Gasteiger partial charge in [-0.25, -0.2) is 0 Å². The third kappa shape index (κ3) is 5.78. The van der Waals surface area contributed by atoms with Crippen LogP contribution in [0.25, 0.3) is 0 Å². The Kier molecular flexibility index (Phi) is 8.20. The molecule has 0 saturated heterocycles. The molecule has 2 heteroatoms. The van der Waals surface area contributed by atoms with Gasteiger partial charge in [0.1, 0.15) is 0 Å². The molecule has 1 aliphatic carbocycles. The lowest BCUT2D eigenvalue weighted by Gasteiger charge is -2.36. The van der Waals surface area contributed by atoms with Crippen LogP contribution in [0.3, 0.4) is 0 Å². The second-order valence-corrected chi connectivity index (χ2v) is 7.23.